The monoisotopic (exact) mass is 192 g/mol. The van der Waals surface area contributed by atoms with Crippen molar-refractivity contribution in [3.8, 4) is 11.8 Å². The normalized spacial score (nSPS) is 9.08. The summed E-state index contributed by atoms with van der Waals surface area (Å²) in [4.78, 5) is 12.4. The minimum Gasteiger partial charge on any atom is -0.293 e. The molecule has 68 valence electrons. The average molecular weight is 192 g/mol. The molecule has 2 heteroatoms. The lowest BCUT2D eigenvalue weighted by Gasteiger charge is -1.95. The third-order valence-corrected chi connectivity index (χ3v) is 2.83. The molecule has 0 saturated carbocycles. The Kier molecular flexibility index (Phi) is 3.72. The van der Waals surface area contributed by atoms with E-state index in [-0.39, 0.29) is 5.78 Å². The molecule has 1 aromatic heterocycles. The molecule has 0 aromatic carbocycles. The van der Waals surface area contributed by atoms with Crippen LogP contribution in [0.25, 0.3) is 0 Å². The maximum absolute atomic E-state index is 11.5. The molecule has 0 unspecified atom stereocenters. The van der Waals surface area contributed by atoms with Crippen LogP contribution in [0, 0.1) is 18.8 Å². The molecule has 0 atom stereocenters. The number of carbonyl (C=O) groups excluding carboxylic acids is 1. The molecule has 0 bridgehead atoms. The summed E-state index contributed by atoms with van der Waals surface area (Å²) >= 11 is 1.52. The summed E-state index contributed by atoms with van der Waals surface area (Å²) < 4.78 is 0. The van der Waals surface area contributed by atoms with Crippen LogP contribution in [0.3, 0.4) is 0 Å². The standard InChI is InChI=1S/C11H12OS/c1-3-4-5-6-10(12)11-9(2)7-8-13-11/h7-8H,5-6H2,1-2H3. The van der Waals surface area contributed by atoms with E-state index in [4.69, 9.17) is 0 Å². The summed E-state index contributed by atoms with van der Waals surface area (Å²) in [6, 6.07) is 1.98. The van der Waals surface area contributed by atoms with Gasteiger partial charge in [-0.15, -0.1) is 23.2 Å². The molecule has 1 nitrogen and oxygen atoms in total. The summed E-state index contributed by atoms with van der Waals surface area (Å²) in [5.74, 6) is 5.90. The van der Waals surface area contributed by atoms with Crippen LogP contribution in [-0.2, 0) is 0 Å². The van der Waals surface area contributed by atoms with E-state index in [0.717, 1.165) is 10.4 Å². The molecule has 1 rings (SSSR count). The minimum absolute atomic E-state index is 0.218. The Hall–Kier alpha value is -1.07. The Balaban J connectivity index is 2.57. The van der Waals surface area contributed by atoms with Gasteiger partial charge in [-0.25, -0.2) is 0 Å². The lowest BCUT2D eigenvalue weighted by atomic mass is 10.1. The first-order valence-electron chi connectivity index (χ1n) is 4.22. The first kappa shape index (κ1) is 10.0. The van der Waals surface area contributed by atoms with Crippen molar-refractivity contribution in [3.63, 3.8) is 0 Å². The Morgan fingerprint density at radius 1 is 1.62 bits per heavy atom. The lowest BCUT2D eigenvalue weighted by Crippen LogP contribution is -1.96. The Bertz CT molecular complexity index is 352. The van der Waals surface area contributed by atoms with Crippen molar-refractivity contribution in [1.82, 2.24) is 0 Å². The topological polar surface area (TPSA) is 17.1 Å². The van der Waals surface area contributed by atoms with Gasteiger partial charge in [0.1, 0.15) is 0 Å². The van der Waals surface area contributed by atoms with Crippen LogP contribution < -0.4 is 0 Å². The van der Waals surface area contributed by atoms with Gasteiger partial charge in [-0.05, 0) is 30.9 Å². The third-order valence-electron chi connectivity index (χ3n) is 1.77. The molecule has 0 aliphatic carbocycles. The number of hydrogen-bond donors (Lipinski definition) is 0. The second-order valence-corrected chi connectivity index (χ2v) is 3.70. The van der Waals surface area contributed by atoms with Crippen molar-refractivity contribution in [2.45, 2.75) is 26.7 Å². The van der Waals surface area contributed by atoms with Crippen LogP contribution in [-0.4, -0.2) is 5.78 Å². The molecule has 0 radical (unpaired) electrons. The predicted molar refractivity (Wildman–Crippen MR) is 56.1 cm³/mol. The van der Waals surface area contributed by atoms with Crippen molar-refractivity contribution >= 4 is 17.1 Å². The van der Waals surface area contributed by atoms with Gasteiger partial charge in [0.25, 0.3) is 0 Å². The van der Waals surface area contributed by atoms with Crippen LogP contribution in [0.1, 0.15) is 35.0 Å². The van der Waals surface area contributed by atoms with Crippen molar-refractivity contribution < 1.29 is 4.79 Å². The number of carbonyl (C=O) groups is 1. The molecule has 0 fully saturated rings. The third kappa shape index (κ3) is 2.71. The molecule has 1 aromatic rings. The van der Waals surface area contributed by atoms with E-state index in [1.54, 1.807) is 6.92 Å². The van der Waals surface area contributed by atoms with E-state index < -0.39 is 0 Å². The highest BCUT2D eigenvalue weighted by molar-refractivity contribution is 7.12. The van der Waals surface area contributed by atoms with Gasteiger partial charge < -0.3 is 0 Å². The maximum Gasteiger partial charge on any atom is 0.174 e. The van der Waals surface area contributed by atoms with Crippen molar-refractivity contribution in [2.75, 3.05) is 0 Å². The SMILES string of the molecule is CC#CCCC(=O)c1sccc1C. The van der Waals surface area contributed by atoms with Gasteiger partial charge in [0, 0.05) is 12.8 Å². The molecule has 0 N–H and O–H groups in total. The zero-order valence-electron chi connectivity index (χ0n) is 7.89. The maximum atomic E-state index is 11.5. The van der Waals surface area contributed by atoms with E-state index in [1.165, 1.54) is 11.3 Å². The van der Waals surface area contributed by atoms with Crippen LogP contribution in [0.5, 0.6) is 0 Å². The molecule has 0 amide bonds. The molecule has 1 heterocycles. The minimum atomic E-state index is 0.218. The fourth-order valence-corrected chi connectivity index (χ4v) is 1.97. The number of hydrogen-bond acceptors (Lipinski definition) is 2. The molecule has 0 aliphatic rings. The first-order chi connectivity index (χ1) is 6.25. The first-order valence-corrected chi connectivity index (χ1v) is 5.10. The average Bonchev–Trinajstić information content (AvgIpc) is 2.52. The van der Waals surface area contributed by atoms with Crippen LogP contribution in [0.15, 0.2) is 11.4 Å². The highest BCUT2D eigenvalue weighted by atomic mass is 32.1. The largest absolute Gasteiger partial charge is 0.293 e. The summed E-state index contributed by atoms with van der Waals surface area (Å²) in [6.45, 7) is 3.76. The molecule has 0 saturated heterocycles. The van der Waals surface area contributed by atoms with Crippen LogP contribution >= 0.6 is 11.3 Å². The molecule has 0 spiro atoms. The number of aryl methyl sites for hydroxylation is 1. The van der Waals surface area contributed by atoms with E-state index in [0.29, 0.717) is 12.8 Å². The Morgan fingerprint density at radius 2 is 2.38 bits per heavy atom. The number of ketones is 1. The Morgan fingerprint density at radius 3 is 2.92 bits per heavy atom. The van der Waals surface area contributed by atoms with Gasteiger partial charge >= 0.3 is 0 Å². The predicted octanol–water partition coefficient (Wildman–Crippen LogP) is 3.04. The highest BCUT2D eigenvalue weighted by Crippen LogP contribution is 2.17. The zero-order chi connectivity index (χ0) is 9.68. The van der Waals surface area contributed by atoms with Crippen molar-refractivity contribution in [2.24, 2.45) is 0 Å². The van der Waals surface area contributed by atoms with Gasteiger partial charge in [-0.2, -0.15) is 0 Å². The summed E-state index contributed by atoms with van der Waals surface area (Å²) in [6.07, 6.45) is 1.22. The quantitative estimate of drug-likeness (QED) is 0.531. The molecular formula is C11H12OS. The van der Waals surface area contributed by atoms with Gasteiger partial charge in [0.05, 0.1) is 4.88 Å². The van der Waals surface area contributed by atoms with E-state index in [2.05, 4.69) is 11.8 Å². The molecular weight excluding hydrogens is 180 g/mol. The summed E-state index contributed by atoms with van der Waals surface area (Å²) in [5.41, 5.74) is 1.08. The fraction of sp³-hybridized carbons (Fsp3) is 0.364. The summed E-state index contributed by atoms with van der Waals surface area (Å²) in [7, 11) is 0. The van der Waals surface area contributed by atoms with E-state index >= 15 is 0 Å². The van der Waals surface area contributed by atoms with E-state index in [9.17, 15) is 4.79 Å². The van der Waals surface area contributed by atoms with Gasteiger partial charge in [0.15, 0.2) is 5.78 Å². The van der Waals surface area contributed by atoms with Gasteiger partial charge in [0.2, 0.25) is 0 Å². The van der Waals surface area contributed by atoms with Crippen LogP contribution in [0.4, 0.5) is 0 Å². The Labute approximate surface area is 82.8 Å². The fourth-order valence-electron chi connectivity index (χ4n) is 1.07. The second kappa shape index (κ2) is 4.84. The zero-order valence-corrected chi connectivity index (χ0v) is 8.70. The highest BCUT2D eigenvalue weighted by Gasteiger charge is 2.08. The van der Waals surface area contributed by atoms with Crippen molar-refractivity contribution in [3.05, 3.63) is 21.9 Å². The lowest BCUT2D eigenvalue weighted by molar-refractivity contribution is 0.0987. The number of thiophene rings is 1. The molecule has 13 heavy (non-hydrogen) atoms. The molecule has 0 aliphatic heterocycles. The van der Waals surface area contributed by atoms with Crippen LogP contribution in [0.2, 0.25) is 0 Å². The summed E-state index contributed by atoms with van der Waals surface area (Å²) in [5, 5.41) is 1.95. The van der Waals surface area contributed by atoms with Crippen molar-refractivity contribution in [1.29, 1.82) is 0 Å². The second-order valence-electron chi connectivity index (χ2n) is 2.78. The van der Waals surface area contributed by atoms with E-state index in [1.807, 2.05) is 18.4 Å². The van der Waals surface area contributed by atoms with Gasteiger partial charge in [-0.3, -0.25) is 4.79 Å². The number of rotatable bonds is 3. The number of Topliss-reactive ketones (excluding diaryl/α,β-unsaturated/α-hetero) is 1. The van der Waals surface area contributed by atoms with Gasteiger partial charge in [-0.1, -0.05) is 0 Å². The smallest absolute Gasteiger partial charge is 0.174 e.